The van der Waals surface area contributed by atoms with Crippen LogP contribution in [-0.2, 0) is 11.2 Å². The number of fused-ring (bicyclic) bond motifs is 1. The summed E-state index contributed by atoms with van der Waals surface area (Å²) in [5.74, 6) is 0.941. The minimum atomic E-state index is -0.403. The zero-order valence-corrected chi connectivity index (χ0v) is 11.6. The van der Waals surface area contributed by atoms with Gasteiger partial charge >= 0.3 is 0 Å². The molecule has 1 fully saturated rings. The van der Waals surface area contributed by atoms with Crippen LogP contribution in [0.1, 0.15) is 23.6 Å². The first-order valence-electron chi connectivity index (χ1n) is 6.68. The SMILES string of the molecule is Cc1cc(C)n2nc(CC(=O)N3CC[C@@H](O)C3)nc2n1. The number of hydrogen-bond donors (Lipinski definition) is 1. The third kappa shape index (κ3) is 2.36. The highest BCUT2D eigenvalue weighted by Crippen LogP contribution is 2.11. The number of rotatable bonds is 2. The number of carbonyl (C=O) groups excluding carboxylic acids is 1. The van der Waals surface area contributed by atoms with Crippen molar-refractivity contribution in [2.75, 3.05) is 13.1 Å². The van der Waals surface area contributed by atoms with E-state index >= 15 is 0 Å². The number of aromatic nitrogens is 4. The molecule has 20 heavy (non-hydrogen) atoms. The molecule has 1 aliphatic heterocycles. The third-order valence-corrected chi connectivity index (χ3v) is 3.49. The summed E-state index contributed by atoms with van der Waals surface area (Å²) in [7, 11) is 0. The van der Waals surface area contributed by atoms with E-state index in [2.05, 4.69) is 15.1 Å². The molecule has 0 radical (unpaired) electrons. The van der Waals surface area contributed by atoms with Crippen LogP contribution in [0.3, 0.4) is 0 Å². The Morgan fingerprint density at radius 3 is 2.95 bits per heavy atom. The zero-order chi connectivity index (χ0) is 14.3. The molecule has 0 saturated carbocycles. The standard InChI is InChI=1S/C13H17N5O2/c1-8-5-9(2)18-13(14-8)15-11(16-18)6-12(20)17-4-3-10(19)7-17/h5,10,19H,3-4,6-7H2,1-2H3/t10-/m1/s1. The van der Waals surface area contributed by atoms with Crippen molar-refractivity contribution in [2.24, 2.45) is 0 Å². The number of β-amino-alcohol motifs (C(OH)–C–C–N with tert-alkyl or cyclic N) is 1. The lowest BCUT2D eigenvalue weighted by Gasteiger charge is -2.13. The van der Waals surface area contributed by atoms with Gasteiger partial charge in [0, 0.05) is 24.5 Å². The third-order valence-electron chi connectivity index (χ3n) is 3.49. The van der Waals surface area contributed by atoms with Gasteiger partial charge in [-0.2, -0.15) is 4.98 Å². The summed E-state index contributed by atoms with van der Waals surface area (Å²) < 4.78 is 1.65. The van der Waals surface area contributed by atoms with Crippen LogP contribution in [0.4, 0.5) is 0 Å². The van der Waals surface area contributed by atoms with Crippen LogP contribution in [0.5, 0.6) is 0 Å². The van der Waals surface area contributed by atoms with E-state index < -0.39 is 6.10 Å². The maximum Gasteiger partial charge on any atom is 0.252 e. The second-order valence-electron chi connectivity index (χ2n) is 5.24. The number of likely N-dealkylation sites (tertiary alicyclic amines) is 1. The number of hydrogen-bond acceptors (Lipinski definition) is 5. The molecule has 106 valence electrons. The molecule has 3 heterocycles. The van der Waals surface area contributed by atoms with E-state index in [1.807, 2.05) is 19.9 Å². The van der Waals surface area contributed by atoms with Gasteiger partial charge in [0.2, 0.25) is 5.91 Å². The maximum atomic E-state index is 12.1. The first-order chi connectivity index (χ1) is 9.52. The summed E-state index contributed by atoms with van der Waals surface area (Å²) in [6.45, 7) is 4.84. The van der Waals surface area contributed by atoms with Gasteiger partial charge in [0.25, 0.3) is 5.78 Å². The van der Waals surface area contributed by atoms with Crippen molar-refractivity contribution in [1.82, 2.24) is 24.5 Å². The van der Waals surface area contributed by atoms with Gasteiger partial charge in [0.05, 0.1) is 12.5 Å². The van der Waals surface area contributed by atoms with Crippen LogP contribution >= 0.6 is 0 Å². The lowest BCUT2D eigenvalue weighted by atomic mass is 10.3. The predicted molar refractivity (Wildman–Crippen MR) is 71.2 cm³/mol. The fourth-order valence-electron chi connectivity index (χ4n) is 2.50. The van der Waals surface area contributed by atoms with Crippen molar-refractivity contribution in [3.05, 3.63) is 23.3 Å². The molecule has 1 saturated heterocycles. The molecule has 1 amide bonds. The van der Waals surface area contributed by atoms with Gasteiger partial charge in [-0.15, -0.1) is 5.10 Å². The van der Waals surface area contributed by atoms with Crippen LogP contribution in [0.15, 0.2) is 6.07 Å². The number of aliphatic hydroxyl groups is 1. The second kappa shape index (κ2) is 4.82. The predicted octanol–water partition coefficient (Wildman–Crippen LogP) is -0.123. The molecule has 7 nitrogen and oxygen atoms in total. The van der Waals surface area contributed by atoms with E-state index in [0.717, 1.165) is 11.4 Å². The largest absolute Gasteiger partial charge is 0.391 e. The average Bonchev–Trinajstić information content (AvgIpc) is 2.95. The van der Waals surface area contributed by atoms with E-state index in [9.17, 15) is 9.90 Å². The highest BCUT2D eigenvalue weighted by atomic mass is 16.3. The molecule has 1 N–H and O–H groups in total. The zero-order valence-electron chi connectivity index (χ0n) is 11.6. The number of carbonyl (C=O) groups is 1. The van der Waals surface area contributed by atoms with Crippen molar-refractivity contribution in [3.8, 4) is 0 Å². The molecule has 1 atom stereocenters. The highest BCUT2D eigenvalue weighted by molar-refractivity contribution is 5.78. The first kappa shape index (κ1) is 13.0. The van der Waals surface area contributed by atoms with Gasteiger partial charge in [0.1, 0.15) is 0 Å². The molecule has 0 aliphatic carbocycles. The number of aryl methyl sites for hydroxylation is 2. The average molecular weight is 275 g/mol. The summed E-state index contributed by atoms with van der Waals surface area (Å²) in [5.41, 5.74) is 1.82. The maximum absolute atomic E-state index is 12.1. The van der Waals surface area contributed by atoms with Gasteiger partial charge in [-0.1, -0.05) is 0 Å². The number of amides is 1. The Hall–Kier alpha value is -2.02. The Bertz CT molecular complexity index is 666. The number of nitrogens with zero attached hydrogens (tertiary/aromatic N) is 5. The van der Waals surface area contributed by atoms with Gasteiger partial charge in [-0.25, -0.2) is 9.50 Å². The summed E-state index contributed by atoms with van der Waals surface area (Å²) in [4.78, 5) is 22.3. The molecule has 0 spiro atoms. The Morgan fingerprint density at radius 1 is 1.45 bits per heavy atom. The van der Waals surface area contributed by atoms with Gasteiger partial charge in [0.15, 0.2) is 5.82 Å². The van der Waals surface area contributed by atoms with Crippen molar-refractivity contribution < 1.29 is 9.90 Å². The Morgan fingerprint density at radius 2 is 2.25 bits per heavy atom. The highest BCUT2D eigenvalue weighted by Gasteiger charge is 2.25. The lowest BCUT2D eigenvalue weighted by molar-refractivity contribution is -0.129. The van der Waals surface area contributed by atoms with Crippen molar-refractivity contribution in [1.29, 1.82) is 0 Å². The van der Waals surface area contributed by atoms with Gasteiger partial charge in [-0.05, 0) is 26.3 Å². The van der Waals surface area contributed by atoms with Crippen LogP contribution in [0, 0.1) is 13.8 Å². The van der Waals surface area contributed by atoms with E-state index in [4.69, 9.17) is 0 Å². The molecule has 7 heteroatoms. The fraction of sp³-hybridized carbons (Fsp3) is 0.538. The van der Waals surface area contributed by atoms with E-state index in [1.54, 1.807) is 9.42 Å². The monoisotopic (exact) mass is 275 g/mol. The van der Waals surface area contributed by atoms with E-state index in [1.165, 1.54) is 0 Å². The second-order valence-corrected chi connectivity index (χ2v) is 5.24. The lowest BCUT2D eigenvalue weighted by Crippen LogP contribution is -2.31. The van der Waals surface area contributed by atoms with Crippen LogP contribution < -0.4 is 0 Å². The number of aliphatic hydroxyl groups excluding tert-OH is 1. The molecular formula is C13H17N5O2. The van der Waals surface area contributed by atoms with Gasteiger partial charge < -0.3 is 10.0 Å². The summed E-state index contributed by atoms with van der Waals surface area (Å²) in [6.07, 6.45) is 0.387. The van der Waals surface area contributed by atoms with Crippen molar-refractivity contribution in [2.45, 2.75) is 32.8 Å². The van der Waals surface area contributed by atoms with Crippen LogP contribution in [0.25, 0.3) is 5.78 Å². The molecule has 0 bridgehead atoms. The molecule has 0 unspecified atom stereocenters. The molecule has 0 aromatic carbocycles. The minimum Gasteiger partial charge on any atom is -0.391 e. The minimum absolute atomic E-state index is 0.0492. The molecule has 2 aromatic rings. The van der Waals surface area contributed by atoms with Gasteiger partial charge in [-0.3, -0.25) is 4.79 Å². The quantitative estimate of drug-likeness (QED) is 0.826. The van der Waals surface area contributed by atoms with Crippen molar-refractivity contribution in [3.63, 3.8) is 0 Å². The normalized spacial score (nSPS) is 18.9. The topological polar surface area (TPSA) is 83.6 Å². The molecular weight excluding hydrogens is 258 g/mol. The van der Waals surface area contributed by atoms with Crippen LogP contribution in [0.2, 0.25) is 0 Å². The first-order valence-corrected chi connectivity index (χ1v) is 6.68. The Balaban J connectivity index is 1.81. The summed E-state index contributed by atoms with van der Waals surface area (Å²) in [5, 5.41) is 13.8. The summed E-state index contributed by atoms with van der Waals surface area (Å²) in [6, 6.07) is 1.92. The van der Waals surface area contributed by atoms with E-state index in [0.29, 0.717) is 31.1 Å². The Kier molecular flexibility index (Phi) is 3.13. The molecule has 3 rings (SSSR count). The summed E-state index contributed by atoms with van der Waals surface area (Å²) >= 11 is 0. The molecule has 2 aromatic heterocycles. The van der Waals surface area contributed by atoms with Crippen molar-refractivity contribution >= 4 is 11.7 Å². The molecule has 1 aliphatic rings. The van der Waals surface area contributed by atoms with E-state index in [-0.39, 0.29) is 12.3 Å². The fourth-order valence-corrected chi connectivity index (χ4v) is 2.50. The Labute approximate surface area is 116 Å². The van der Waals surface area contributed by atoms with Crippen LogP contribution in [-0.4, -0.2) is 54.7 Å². The smallest absolute Gasteiger partial charge is 0.252 e.